The highest BCUT2D eigenvalue weighted by Crippen LogP contribution is 2.16. The van der Waals surface area contributed by atoms with Gasteiger partial charge in [-0.25, -0.2) is 0 Å². The van der Waals surface area contributed by atoms with Crippen molar-refractivity contribution in [2.24, 2.45) is 0 Å². The number of hydrogen-bond acceptors (Lipinski definition) is 3. The molecule has 2 unspecified atom stereocenters. The van der Waals surface area contributed by atoms with Crippen molar-refractivity contribution >= 4 is 5.91 Å². The summed E-state index contributed by atoms with van der Waals surface area (Å²) in [5.41, 5.74) is 0. The van der Waals surface area contributed by atoms with E-state index in [1.165, 1.54) is 173 Å². The lowest BCUT2D eigenvalue weighted by molar-refractivity contribution is -0.123. The molecule has 0 fully saturated rings. The first-order valence-corrected chi connectivity index (χ1v) is 25.5. The van der Waals surface area contributed by atoms with Crippen LogP contribution in [0.1, 0.15) is 258 Å². The second-order valence-electron chi connectivity index (χ2n) is 17.2. The molecule has 0 aromatic rings. The molecule has 0 aliphatic heterocycles. The number of unbranched alkanes of at least 4 members (excludes halogenated alkanes) is 31. The van der Waals surface area contributed by atoms with Crippen molar-refractivity contribution in [2.45, 2.75) is 270 Å². The molecule has 338 valence electrons. The van der Waals surface area contributed by atoms with Crippen LogP contribution in [0, 0.1) is 0 Å². The lowest BCUT2D eigenvalue weighted by atomic mass is 10.0. The van der Waals surface area contributed by atoms with Crippen LogP contribution in [-0.2, 0) is 4.79 Å². The van der Waals surface area contributed by atoms with Gasteiger partial charge in [0.25, 0.3) is 0 Å². The second-order valence-corrected chi connectivity index (χ2v) is 17.2. The van der Waals surface area contributed by atoms with Crippen LogP contribution in [0.2, 0.25) is 0 Å². The van der Waals surface area contributed by atoms with Gasteiger partial charge in [-0.15, -0.1) is 0 Å². The highest BCUT2D eigenvalue weighted by atomic mass is 16.3. The Morgan fingerprint density at radius 3 is 1.21 bits per heavy atom. The highest BCUT2D eigenvalue weighted by molar-refractivity contribution is 5.76. The Morgan fingerprint density at radius 2 is 0.776 bits per heavy atom. The number of nitrogens with one attached hydrogen (secondary N) is 1. The predicted molar refractivity (Wildman–Crippen MR) is 258 cm³/mol. The van der Waals surface area contributed by atoms with Gasteiger partial charge in [-0.05, 0) is 64.2 Å². The summed E-state index contributed by atoms with van der Waals surface area (Å²) in [6.45, 7) is 4.19. The molecule has 2 atom stereocenters. The number of aliphatic hydroxyl groups is 2. The van der Waals surface area contributed by atoms with Crippen molar-refractivity contribution in [1.82, 2.24) is 5.32 Å². The zero-order valence-electron chi connectivity index (χ0n) is 38.8. The summed E-state index contributed by atoms with van der Waals surface area (Å²) in [5, 5.41) is 23.0. The van der Waals surface area contributed by atoms with E-state index in [1.807, 2.05) is 6.08 Å². The molecule has 0 aliphatic carbocycles. The Hall–Kier alpha value is -1.91. The molecular formula is C54H99NO3. The fraction of sp³-hybridized carbons (Fsp3) is 0.796. The van der Waals surface area contributed by atoms with E-state index >= 15 is 0 Å². The van der Waals surface area contributed by atoms with Crippen molar-refractivity contribution in [2.75, 3.05) is 6.61 Å². The highest BCUT2D eigenvalue weighted by Gasteiger charge is 2.17. The smallest absolute Gasteiger partial charge is 0.220 e. The van der Waals surface area contributed by atoms with Crippen molar-refractivity contribution in [3.05, 3.63) is 60.8 Å². The lowest BCUT2D eigenvalue weighted by Gasteiger charge is -2.19. The molecule has 0 saturated carbocycles. The van der Waals surface area contributed by atoms with Gasteiger partial charge in [0.2, 0.25) is 5.91 Å². The monoisotopic (exact) mass is 810 g/mol. The maximum absolute atomic E-state index is 12.4. The molecule has 0 heterocycles. The van der Waals surface area contributed by atoms with Crippen LogP contribution in [0.5, 0.6) is 0 Å². The number of allylic oxidation sites excluding steroid dienone is 9. The minimum absolute atomic E-state index is 0.0912. The molecule has 0 rings (SSSR count). The third kappa shape index (κ3) is 45.2. The first-order chi connectivity index (χ1) is 28.7. The van der Waals surface area contributed by atoms with Gasteiger partial charge in [-0.2, -0.15) is 0 Å². The van der Waals surface area contributed by atoms with E-state index < -0.39 is 12.1 Å². The fourth-order valence-corrected chi connectivity index (χ4v) is 7.62. The quantitative estimate of drug-likeness (QED) is 0.0424. The Kier molecular flexibility index (Phi) is 47.8. The van der Waals surface area contributed by atoms with E-state index in [0.717, 1.165) is 64.2 Å². The van der Waals surface area contributed by atoms with Gasteiger partial charge in [-0.3, -0.25) is 4.79 Å². The average Bonchev–Trinajstić information content (AvgIpc) is 3.23. The van der Waals surface area contributed by atoms with Gasteiger partial charge in [0.15, 0.2) is 0 Å². The summed E-state index contributed by atoms with van der Waals surface area (Å²) in [6, 6.07) is -0.651. The van der Waals surface area contributed by atoms with E-state index in [9.17, 15) is 15.0 Å². The van der Waals surface area contributed by atoms with Gasteiger partial charge in [-0.1, -0.05) is 248 Å². The SMILES string of the molecule is CC/C=C\C/C=C\C/C=C\CCCCCCCC(=O)NC(CO)C(O)/C=C/CC/C=C/CCCCCCCCCCCCCCCCCCCCCCCCCCC. The Balaban J connectivity index is 3.52. The van der Waals surface area contributed by atoms with Crippen LogP contribution < -0.4 is 5.32 Å². The number of rotatable bonds is 46. The molecule has 0 aromatic carbocycles. The van der Waals surface area contributed by atoms with Gasteiger partial charge < -0.3 is 15.5 Å². The molecule has 0 radical (unpaired) electrons. The van der Waals surface area contributed by atoms with E-state index in [-0.39, 0.29) is 12.5 Å². The van der Waals surface area contributed by atoms with Gasteiger partial charge in [0.05, 0.1) is 18.8 Å². The van der Waals surface area contributed by atoms with Crippen molar-refractivity contribution in [3.8, 4) is 0 Å². The topological polar surface area (TPSA) is 69.6 Å². The summed E-state index contributed by atoms with van der Waals surface area (Å²) in [4.78, 5) is 12.4. The Morgan fingerprint density at radius 1 is 0.431 bits per heavy atom. The normalized spacial score (nSPS) is 13.4. The standard InChI is InChI=1S/C54H99NO3/c1-3-5-7-9-11-13-15-17-19-20-21-22-23-24-25-26-27-28-29-30-31-32-33-34-36-37-39-41-43-45-47-49-53(57)52(51-56)55-54(58)50-48-46-44-42-40-38-35-18-16-14-12-10-8-6-4-2/h6,8,12,14,18,35,39,41,47,49,52-53,56-57H,3-5,7,9-11,13,15-17,19-34,36-38,40,42-46,48,50-51H2,1-2H3,(H,55,58)/b8-6-,14-12-,35-18-,41-39+,49-47+. The molecule has 0 aromatic heterocycles. The summed E-state index contributed by atoms with van der Waals surface area (Å²) < 4.78 is 0. The van der Waals surface area contributed by atoms with Gasteiger partial charge in [0, 0.05) is 6.42 Å². The van der Waals surface area contributed by atoms with Crippen LogP contribution >= 0.6 is 0 Å². The molecule has 3 N–H and O–H groups in total. The maximum atomic E-state index is 12.4. The van der Waals surface area contributed by atoms with Crippen molar-refractivity contribution in [3.63, 3.8) is 0 Å². The number of hydrogen-bond donors (Lipinski definition) is 3. The molecule has 4 heteroatoms. The molecule has 0 bridgehead atoms. The van der Waals surface area contributed by atoms with Crippen molar-refractivity contribution < 1.29 is 15.0 Å². The molecule has 4 nitrogen and oxygen atoms in total. The van der Waals surface area contributed by atoms with Crippen LogP contribution in [0.25, 0.3) is 0 Å². The largest absolute Gasteiger partial charge is 0.394 e. The number of carbonyl (C=O) groups excluding carboxylic acids is 1. The molecule has 1 amide bonds. The van der Waals surface area contributed by atoms with E-state index in [1.54, 1.807) is 6.08 Å². The fourth-order valence-electron chi connectivity index (χ4n) is 7.62. The lowest BCUT2D eigenvalue weighted by Crippen LogP contribution is -2.45. The maximum Gasteiger partial charge on any atom is 0.220 e. The first kappa shape index (κ1) is 56.1. The Labute approximate surface area is 362 Å². The van der Waals surface area contributed by atoms with E-state index in [0.29, 0.717) is 6.42 Å². The average molecular weight is 810 g/mol. The van der Waals surface area contributed by atoms with Gasteiger partial charge >= 0.3 is 0 Å². The molecule has 58 heavy (non-hydrogen) atoms. The molecule has 0 saturated heterocycles. The minimum Gasteiger partial charge on any atom is -0.394 e. The zero-order chi connectivity index (χ0) is 42.1. The first-order valence-electron chi connectivity index (χ1n) is 25.5. The van der Waals surface area contributed by atoms with E-state index in [4.69, 9.17) is 0 Å². The second kappa shape index (κ2) is 49.5. The summed E-state index contributed by atoms with van der Waals surface area (Å²) >= 11 is 0. The number of carbonyl (C=O) groups is 1. The van der Waals surface area contributed by atoms with Crippen LogP contribution in [0.3, 0.4) is 0 Å². The molecule has 0 spiro atoms. The minimum atomic E-state index is -0.872. The number of amides is 1. The summed E-state index contributed by atoms with van der Waals surface area (Å²) in [6.07, 6.45) is 69.5. The third-order valence-electron chi connectivity index (χ3n) is 11.5. The van der Waals surface area contributed by atoms with Crippen LogP contribution in [0.15, 0.2) is 60.8 Å². The van der Waals surface area contributed by atoms with Crippen molar-refractivity contribution in [1.29, 1.82) is 0 Å². The summed E-state index contributed by atoms with van der Waals surface area (Å²) in [7, 11) is 0. The zero-order valence-corrected chi connectivity index (χ0v) is 38.8. The van der Waals surface area contributed by atoms with Gasteiger partial charge in [0.1, 0.15) is 0 Å². The molecular weight excluding hydrogens is 711 g/mol. The molecule has 0 aliphatic rings. The summed E-state index contributed by atoms with van der Waals surface area (Å²) in [5.74, 6) is -0.0912. The number of aliphatic hydroxyl groups excluding tert-OH is 2. The van der Waals surface area contributed by atoms with Crippen LogP contribution in [0.4, 0.5) is 0 Å². The van der Waals surface area contributed by atoms with Crippen LogP contribution in [-0.4, -0.2) is 34.9 Å². The Bertz CT molecular complexity index is 965. The third-order valence-corrected chi connectivity index (χ3v) is 11.5. The van der Waals surface area contributed by atoms with E-state index in [2.05, 4.69) is 67.8 Å². The predicted octanol–water partition coefficient (Wildman–Crippen LogP) is 16.5.